The highest BCUT2D eigenvalue weighted by Gasteiger charge is 2.38. The van der Waals surface area contributed by atoms with Crippen LogP contribution in [0.5, 0.6) is 0 Å². The molecule has 2 unspecified atom stereocenters. The normalized spacial score (nSPS) is 24.8. The number of carbonyl (C=O) groups is 2. The van der Waals surface area contributed by atoms with Crippen molar-refractivity contribution < 1.29 is 9.59 Å². The summed E-state index contributed by atoms with van der Waals surface area (Å²) in [6.45, 7) is 0.979. The van der Waals surface area contributed by atoms with Gasteiger partial charge in [0.1, 0.15) is 0 Å². The van der Waals surface area contributed by atoms with Crippen LogP contribution < -0.4 is 11.1 Å². The zero-order valence-corrected chi connectivity index (χ0v) is 13.5. The molecule has 5 nitrogen and oxygen atoms in total. The van der Waals surface area contributed by atoms with Crippen LogP contribution in [0.15, 0.2) is 0 Å². The Kier molecular flexibility index (Phi) is 8.04. The van der Waals surface area contributed by atoms with Crippen LogP contribution in [0, 0.1) is 0 Å². The van der Waals surface area contributed by atoms with E-state index in [0.29, 0.717) is 6.42 Å². The lowest BCUT2D eigenvalue weighted by Crippen LogP contribution is -2.62. The van der Waals surface area contributed by atoms with E-state index in [2.05, 4.69) is 5.32 Å². The molecule has 1 saturated heterocycles. The largest absolute Gasteiger partial charge is 0.350 e. The fourth-order valence-electron chi connectivity index (χ4n) is 3.37. The Morgan fingerprint density at radius 1 is 1.19 bits per heavy atom. The maximum atomic E-state index is 12.4. The number of hydrogen-bond donors (Lipinski definition) is 2. The lowest BCUT2D eigenvalue weighted by atomic mass is 9.87. The van der Waals surface area contributed by atoms with Crippen molar-refractivity contribution in [2.24, 2.45) is 5.73 Å². The van der Waals surface area contributed by atoms with E-state index in [-0.39, 0.29) is 42.8 Å². The average molecular weight is 318 g/mol. The van der Waals surface area contributed by atoms with Gasteiger partial charge in [-0.15, -0.1) is 12.4 Å². The summed E-state index contributed by atoms with van der Waals surface area (Å²) in [6.07, 6.45) is 9.02. The minimum atomic E-state index is 0. The zero-order chi connectivity index (χ0) is 14.4. The van der Waals surface area contributed by atoms with Crippen molar-refractivity contribution in [2.75, 3.05) is 13.1 Å². The summed E-state index contributed by atoms with van der Waals surface area (Å²) >= 11 is 0. The zero-order valence-electron chi connectivity index (χ0n) is 12.7. The number of nitrogens with two attached hydrogens (primary N) is 1. The van der Waals surface area contributed by atoms with Gasteiger partial charge in [0, 0.05) is 12.5 Å². The second kappa shape index (κ2) is 9.26. The molecule has 21 heavy (non-hydrogen) atoms. The highest BCUT2D eigenvalue weighted by atomic mass is 35.5. The molecular formula is C15H28ClN3O2. The third-order valence-corrected chi connectivity index (χ3v) is 4.46. The van der Waals surface area contributed by atoms with Gasteiger partial charge >= 0.3 is 0 Å². The molecule has 0 aromatic rings. The fraction of sp³-hybridized carbons (Fsp3) is 0.867. The van der Waals surface area contributed by atoms with Crippen LogP contribution in [0.1, 0.15) is 57.8 Å². The predicted molar refractivity (Wildman–Crippen MR) is 85.3 cm³/mol. The highest BCUT2D eigenvalue weighted by Crippen LogP contribution is 2.26. The molecule has 2 amide bonds. The van der Waals surface area contributed by atoms with E-state index in [1.54, 1.807) is 0 Å². The minimum absolute atomic E-state index is 0. The predicted octanol–water partition coefficient (Wildman–Crippen LogP) is 1.59. The van der Waals surface area contributed by atoms with Crippen LogP contribution in [-0.4, -0.2) is 41.9 Å². The monoisotopic (exact) mass is 317 g/mol. The first-order chi connectivity index (χ1) is 9.72. The van der Waals surface area contributed by atoms with Crippen molar-refractivity contribution >= 4 is 24.2 Å². The molecule has 0 aromatic carbocycles. The molecule has 122 valence electrons. The Hall–Kier alpha value is -0.810. The quantitative estimate of drug-likeness (QED) is 0.730. The van der Waals surface area contributed by atoms with Gasteiger partial charge in [0.2, 0.25) is 11.8 Å². The van der Waals surface area contributed by atoms with Crippen LogP contribution in [-0.2, 0) is 9.59 Å². The maximum Gasteiger partial charge on any atom is 0.239 e. The Morgan fingerprint density at radius 2 is 1.90 bits per heavy atom. The summed E-state index contributed by atoms with van der Waals surface area (Å²) in [6, 6.07) is 0.421. The smallest absolute Gasteiger partial charge is 0.239 e. The summed E-state index contributed by atoms with van der Waals surface area (Å²) in [4.78, 5) is 25.9. The van der Waals surface area contributed by atoms with Gasteiger partial charge < -0.3 is 16.0 Å². The molecule has 2 atom stereocenters. The summed E-state index contributed by atoms with van der Waals surface area (Å²) in [5, 5.41) is 3.04. The lowest BCUT2D eigenvalue weighted by molar-refractivity contribution is -0.144. The van der Waals surface area contributed by atoms with Gasteiger partial charge in [0.05, 0.1) is 12.6 Å². The Labute approximate surface area is 133 Å². The first-order valence-electron chi connectivity index (χ1n) is 8.01. The summed E-state index contributed by atoms with van der Waals surface area (Å²) in [7, 11) is 0. The van der Waals surface area contributed by atoms with Gasteiger partial charge in [0.15, 0.2) is 0 Å². The molecule has 1 aliphatic heterocycles. The molecular weight excluding hydrogens is 290 g/mol. The number of amides is 2. The molecule has 0 radical (unpaired) electrons. The molecule has 2 fully saturated rings. The summed E-state index contributed by atoms with van der Waals surface area (Å²) in [5.41, 5.74) is 5.46. The Morgan fingerprint density at radius 3 is 2.67 bits per heavy atom. The van der Waals surface area contributed by atoms with E-state index in [9.17, 15) is 9.59 Å². The maximum absolute atomic E-state index is 12.4. The molecule has 6 heteroatoms. The summed E-state index contributed by atoms with van der Waals surface area (Å²) < 4.78 is 0. The number of unbranched alkanes of at least 4 members (excludes halogenated alkanes) is 3. The van der Waals surface area contributed by atoms with Crippen molar-refractivity contribution in [3.63, 3.8) is 0 Å². The minimum Gasteiger partial charge on any atom is -0.350 e. The third kappa shape index (κ3) is 5.15. The number of fused-ring (bicyclic) bond motifs is 1. The lowest BCUT2D eigenvalue weighted by Gasteiger charge is -2.44. The SMILES string of the molecule is Cl.NCCCCCCC(=O)N1CC(=O)NC2CCCCC21. The molecule has 1 saturated carbocycles. The number of nitrogens with one attached hydrogen (secondary N) is 1. The van der Waals surface area contributed by atoms with Crippen molar-refractivity contribution in [1.82, 2.24) is 10.2 Å². The number of nitrogens with zero attached hydrogens (tertiary/aromatic N) is 1. The molecule has 3 N–H and O–H groups in total. The van der Waals surface area contributed by atoms with E-state index in [1.165, 1.54) is 0 Å². The second-order valence-electron chi connectivity index (χ2n) is 6.00. The van der Waals surface area contributed by atoms with Crippen molar-refractivity contribution in [1.29, 1.82) is 0 Å². The first-order valence-corrected chi connectivity index (χ1v) is 8.01. The Bertz CT molecular complexity index is 352. The fourth-order valence-corrected chi connectivity index (χ4v) is 3.37. The van der Waals surface area contributed by atoms with Gasteiger partial charge in [-0.05, 0) is 32.2 Å². The number of halogens is 1. The van der Waals surface area contributed by atoms with E-state index >= 15 is 0 Å². The molecule has 2 rings (SSSR count). The van der Waals surface area contributed by atoms with E-state index < -0.39 is 0 Å². The topological polar surface area (TPSA) is 75.4 Å². The molecule has 0 bridgehead atoms. The van der Waals surface area contributed by atoms with Gasteiger partial charge in [-0.2, -0.15) is 0 Å². The number of carbonyl (C=O) groups excluding carboxylic acids is 2. The molecule has 1 aliphatic carbocycles. The van der Waals surface area contributed by atoms with Gasteiger partial charge in [-0.3, -0.25) is 9.59 Å². The van der Waals surface area contributed by atoms with Gasteiger partial charge in [0.25, 0.3) is 0 Å². The van der Waals surface area contributed by atoms with Crippen LogP contribution in [0.4, 0.5) is 0 Å². The third-order valence-electron chi connectivity index (χ3n) is 4.46. The second-order valence-corrected chi connectivity index (χ2v) is 6.00. The van der Waals surface area contributed by atoms with Gasteiger partial charge in [-0.25, -0.2) is 0 Å². The van der Waals surface area contributed by atoms with Crippen molar-refractivity contribution in [2.45, 2.75) is 69.9 Å². The van der Waals surface area contributed by atoms with Crippen LogP contribution >= 0.6 is 12.4 Å². The van der Waals surface area contributed by atoms with Crippen LogP contribution in [0.2, 0.25) is 0 Å². The molecule has 0 aromatic heterocycles. The van der Waals surface area contributed by atoms with Gasteiger partial charge in [-0.1, -0.05) is 25.7 Å². The number of hydrogen-bond acceptors (Lipinski definition) is 3. The summed E-state index contributed by atoms with van der Waals surface area (Å²) in [5.74, 6) is 0.161. The van der Waals surface area contributed by atoms with Crippen molar-refractivity contribution in [3.8, 4) is 0 Å². The Balaban J connectivity index is 0.00000220. The molecule has 2 aliphatic rings. The van der Waals surface area contributed by atoms with E-state index in [0.717, 1.165) is 57.9 Å². The van der Waals surface area contributed by atoms with E-state index in [1.807, 2.05) is 4.90 Å². The van der Waals surface area contributed by atoms with Crippen LogP contribution in [0.25, 0.3) is 0 Å². The van der Waals surface area contributed by atoms with E-state index in [4.69, 9.17) is 5.73 Å². The molecule has 0 spiro atoms. The van der Waals surface area contributed by atoms with Crippen molar-refractivity contribution in [3.05, 3.63) is 0 Å². The standard InChI is InChI=1S/C15H27N3O2.ClH/c16-10-6-2-1-3-9-15(20)18-11-14(19)17-12-7-4-5-8-13(12)18;/h12-13H,1-11,16H2,(H,17,19);1H. The first kappa shape index (κ1) is 18.2. The number of rotatable bonds is 6. The van der Waals surface area contributed by atoms with Crippen LogP contribution in [0.3, 0.4) is 0 Å². The highest BCUT2D eigenvalue weighted by molar-refractivity contribution is 5.86. The average Bonchev–Trinajstić information content (AvgIpc) is 2.46. The molecule has 1 heterocycles. The number of piperazine rings is 1.